The number of ether oxygens (including phenoxy) is 9. The monoisotopic (exact) mass is 846 g/mol. The standard InChI is InChI=1S/C40H79IO10/c1-2-3-4-5-6-7-8-9-10-11-12-13-14-15-18-21-40(42)51-39-38-50-37-36-49-35-34-48-33-32-47-31-30-46-29-28-45-27-26-44-25-24-43-23-20-17-16-19-22-41/h2-39H2,1H3. The fourth-order valence-electron chi connectivity index (χ4n) is 5.22. The second kappa shape index (κ2) is 47.9. The molecular weight excluding hydrogens is 767 g/mol. The van der Waals surface area contributed by atoms with E-state index in [-0.39, 0.29) is 5.97 Å². The number of carbonyl (C=O) groups excluding carboxylic acids is 1. The van der Waals surface area contributed by atoms with E-state index in [2.05, 4.69) is 29.5 Å². The van der Waals surface area contributed by atoms with E-state index >= 15 is 0 Å². The Morgan fingerprint density at radius 3 is 0.961 bits per heavy atom. The molecule has 0 saturated heterocycles. The SMILES string of the molecule is CCCCCCCCCCCCCCCCCC(=O)OCCOCCOCCOCCOCCOCCOCCOCCOCCCCCCI. The summed E-state index contributed by atoms with van der Waals surface area (Å²) in [5, 5.41) is 0. The van der Waals surface area contributed by atoms with Crippen LogP contribution < -0.4 is 0 Å². The van der Waals surface area contributed by atoms with Crippen molar-refractivity contribution >= 4 is 28.6 Å². The van der Waals surface area contributed by atoms with E-state index in [0.717, 1.165) is 25.9 Å². The van der Waals surface area contributed by atoms with E-state index in [1.54, 1.807) is 0 Å². The molecule has 0 aromatic rings. The minimum atomic E-state index is -0.124. The van der Waals surface area contributed by atoms with Gasteiger partial charge in [0.1, 0.15) is 6.61 Å². The number of hydrogen-bond acceptors (Lipinski definition) is 10. The number of carbonyl (C=O) groups is 1. The van der Waals surface area contributed by atoms with Gasteiger partial charge in [-0.25, -0.2) is 0 Å². The van der Waals surface area contributed by atoms with E-state index < -0.39 is 0 Å². The molecule has 10 nitrogen and oxygen atoms in total. The first-order valence-electron chi connectivity index (χ1n) is 20.6. The minimum absolute atomic E-state index is 0.124. The number of halogens is 1. The van der Waals surface area contributed by atoms with E-state index in [9.17, 15) is 4.79 Å². The molecule has 0 aliphatic heterocycles. The number of alkyl halides is 1. The minimum Gasteiger partial charge on any atom is -0.463 e. The van der Waals surface area contributed by atoms with Gasteiger partial charge in [-0.3, -0.25) is 4.79 Å². The van der Waals surface area contributed by atoms with Crippen molar-refractivity contribution in [1.29, 1.82) is 0 Å². The summed E-state index contributed by atoms with van der Waals surface area (Å²) < 4.78 is 50.6. The number of esters is 1. The van der Waals surface area contributed by atoms with Crippen molar-refractivity contribution in [3.63, 3.8) is 0 Å². The van der Waals surface area contributed by atoms with Gasteiger partial charge in [-0.15, -0.1) is 0 Å². The Morgan fingerprint density at radius 2 is 0.608 bits per heavy atom. The molecule has 0 aromatic carbocycles. The van der Waals surface area contributed by atoms with Gasteiger partial charge in [0.05, 0.1) is 99.1 Å². The van der Waals surface area contributed by atoms with Crippen LogP contribution in [0.1, 0.15) is 135 Å². The molecule has 0 amide bonds. The highest BCUT2D eigenvalue weighted by atomic mass is 127. The van der Waals surface area contributed by atoms with Crippen LogP contribution in [0.5, 0.6) is 0 Å². The highest BCUT2D eigenvalue weighted by Crippen LogP contribution is 2.14. The van der Waals surface area contributed by atoms with Crippen LogP contribution in [-0.2, 0) is 47.4 Å². The van der Waals surface area contributed by atoms with Crippen LogP contribution in [0.4, 0.5) is 0 Å². The summed E-state index contributed by atoms with van der Waals surface area (Å²) in [6.07, 6.45) is 25.3. The first-order chi connectivity index (χ1) is 25.3. The third-order valence-electron chi connectivity index (χ3n) is 8.25. The van der Waals surface area contributed by atoms with Crippen LogP contribution >= 0.6 is 22.6 Å². The molecule has 0 heterocycles. The third kappa shape index (κ3) is 47.9. The highest BCUT2D eigenvalue weighted by molar-refractivity contribution is 14.1. The van der Waals surface area contributed by atoms with Gasteiger partial charge in [-0.1, -0.05) is 132 Å². The molecule has 0 atom stereocenters. The van der Waals surface area contributed by atoms with Crippen molar-refractivity contribution in [2.45, 2.75) is 135 Å². The Labute approximate surface area is 326 Å². The fourth-order valence-corrected chi connectivity index (χ4v) is 5.76. The van der Waals surface area contributed by atoms with Gasteiger partial charge in [0.25, 0.3) is 0 Å². The molecule has 11 heteroatoms. The maximum Gasteiger partial charge on any atom is 0.305 e. The summed E-state index contributed by atoms with van der Waals surface area (Å²) in [4.78, 5) is 11.9. The van der Waals surface area contributed by atoms with Gasteiger partial charge in [-0.05, 0) is 23.7 Å². The quantitative estimate of drug-likeness (QED) is 0.0256. The maximum atomic E-state index is 11.9. The van der Waals surface area contributed by atoms with Gasteiger partial charge in [-0.2, -0.15) is 0 Å². The third-order valence-corrected chi connectivity index (χ3v) is 9.01. The molecule has 0 rings (SSSR count). The topological polar surface area (TPSA) is 100 Å². The van der Waals surface area contributed by atoms with Gasteiger partial charge in [0, 0.05) is 13.0 Å². The first-order valence-corrected chi connectivity index (χ1v) is 22.2. The average molecular weight is 847 g/mol. The van der Waals surface area contributed by atoms with Gasteiger partial charge in [0.2, 0.25) is 0 Å². The molecular formula is C40H79IO10. The van der Waals surface area contributed by atoms with Crippen molar-refractivity contribution in [3.05, 3.63) is 0 Å². The lowest BCUT2D eigenvalue weighted by Gasteiger charge is -2.09. The number of rotatable bonds is 46. The Morgan fingerprint density at radius 1 is 0.333 bits per heavy atom. The average Bonchev–Trinajstić information content (AvgIpc) is 3.14. The van der Waals surface area contributed by atoms with E-state index in [0.29, 0.717) is 112 Å². The fraction of sp³-hybridized carbons (Fsp3) is 0.975. The molecule has 0 fully saturated rings. The van der Waals surface area contributed by atoms with Crippen LogP contribution in [0.3, 0.4) is 0 Å². The van der Waals surface area contributed by atoms with Crippen LogP contribution in [0.15, 0.2) is 0 Å². The van der Waals surface area contributed by atoms with Crippen molar-refractivity contribution in [2.24, 2.45) is 0 Å². The molecule has 0 bridgehead atoms. The zero-order valence-electron chi connectivity index (χ0n) is 32.8. The lowest BCUT2D eigenvalue weighted by Crippen LogP contribution is -2.15. The van der Waals surface area contributed by atoms with Gasteiger partial charge >= 0.3 is 5.97 Å². The summed E-state index contributed by atoms with van der Waals surface area (Å²) in [7, 11) is 0. The second-order valence-corrected chi connectivity index (χ2v) is 14.0. The van der Waals surface area contributed by atoms with E-state index in [1.165, 1.54) is 107 Å². The molecule has 0 saturated carbocycles. The molecule has 0 N–H and O–H groups in total. The Bertz CT molecular complexity index is 646. The van der Waals surface area contributed by atoms with Crippen LogP contribution in [0.2, 0.25) is 0 Å². The zero-order valence-corrected chi connectivity index (χ0v) is 35.0. The highest BCUT2D eigenvalue weighted by Gasteiger charge is 2.03. The summed E-state index contributed by atoms with van der Waals surface area (Å²) in [6.45, 7) is 11.3. The van der Waals surface area contributed by atoms with Crippen molar-refractivity contribution in [2.75, 3.05) is 117 Å². The second-order valence-electron chi connectivity index (χ2n) is 12.9. The van der Waals surface area contributed by atoms with E-state index in [1.807, 2.05) is 0 Å². The molecule has 0 aromatic heterocycles. The Balaban J connectivity index is 3.13. The summed E-state index contributed by atoms with van der Waals surface area (Å²) in [6, 6.07) is 0. The predicted octanol–water partition coefficient (Wildman–Crippen LogP) is 8.92. The molecule has 0 spiro atoms. The smallest absolute Gasteiger partial charge is 0.305 e. The maximum absolute atomic E-state index is 11.9. The summed E-state index contributed by atoms with van der Waals surface area (Å²) >= 11 is 2.42. The molecule has 0 radical (unpaired) electrons. The van der Waals surface area contributed by atoms with E-state index in [4.69, 9.17) is 42.6 Å². The Kier molecular flexibility index (Phi) is 47.8. The summed E-state index contributed by atoms with van der Waals surface area (Å²) in [5.74, 6) is -0.124. The van der Waals surface area contributed by atoms with Crippen molar-refractivity contribution < 1.29 is 47.4 Å². The molecule has 306 valence electrons. The number of unbranched alkanes of at least 4 members (excludes halogenated alkanes) is 17. The lowest BCUT2D eigenvalue weighted by molar-refractivity contribution is -0.145. The molecule has 0 aliphatic carbocycles. The van der Waals surface area contributed by atoms with Crippen LogP contribution in [-0.4, -0.2) is 123 Å². The first kappa shape index (κ1) is 50.9. The molecule has 0 unspecified atom stereocenters. The molecule has 0 aliphatic rings. The summed E-state index contributed by atoms with van der Waals surface area (Å²) in [5.41, 5.74) is 0. The molecule has 51 heavy (non-hydrogen) atoms. The lowest BCUT2D eigenvalue weighted by atomic mass is 10.0. The van der Waals surface area contributed by atoms with Crippen molar-refractivity contribution in [1.82, 2.24) is 0 Å². The Hall–Kier alpha value is -0.120. The van der Waals surface area contributed by atoms with Crippen LogP contribution in [0.25, 0.3) is 0 Å². The zero-order chi connectivity index (χ0) is 36.8. The van der Waals surface area contributed by atoms with Gasteiger partial charge in [0.15, 0.2) is 0 Å². The number of hydrogen-bond donors (Lipinski definition) is 0. The largest absolute Gasteiger partial charge is 0.463 e. The predicted molar refractivity (Wildman–Crippen MR) is 214 cm³/mol. The van der Waals surface area contributed by atoms with Crippen molar-refractivity contribution in [3.8, 4) is 0 Å². The van der Waals surface area contributed by atoms with Gasteiger partial charge < -0.3 is 42.6 Å². The normalized spacial score (nSPS) is 11.5. The van der Waals surface area contributed by atoms with Crippen LogP contribution in [0, 0.1) is 0 Å².